The van der Waals surface area contributed by atoms with Crippen LogP contribution in [0.5, 0.6) is 0 Å². The lowest BCUT2D eigenvalue weighted by Gasteiger charge is -2.43. The average Bonchev–Trinajstić information content (AvgIpc) is 2.74. The van der Waals surface area contributed by atoms with Crippen LogP contribution in [0.25, 0.3) is 10.4 Å². The number of Topliss-reactive ketones (excluding diaryl/α,β-unsaturated/α-hetero) is 1. The van der Waals surface area contributed by atoms with Crippen LogP contribution < -0.4 is 0 Å². The van der Waals surface area contributed by atoms with Crippen LogP contribution in [0.15, 0.2) is 16.9 Å². The lowest BCUT2D eigenvalue weighted by molar-refractivity contribution is -0.297. The van der Waals surface area contributed by atoms with Gasteiger partial charge in [0, 0.05) is 44.6 Å². The summed E-state index contributed by atoms with van der Waals surface area (Å²) in [5.74, 6) is -3.43. The van der Waals surface area contributed by atoms with Gasteiger partial charge in [-0.1, -0.05) is 12.0 Å². The van der Waals surface area contributed by atoms with Crippen molar-refractivity contribution in [2.24, 2.45) is 5.11 Å². The molecule has 0 saturated carbocycles. The van der Waals surface area contributed by atoms with Crippen LogP contribution in [0.1, 0.15) is 41.0 Å². The van der Waals surface area contributed by atoms with Gasteiger partial charge in [-0.15, -0.1) is 0 Å². The highest BCUT2D eigenvalue weighted by Gasteiger charge is 2.53. The van der Waals surface area contributed by atoms with Crippen molar-refractivity contribution >= 4 is 29.7 Å². The van der Waals surface area contributed by atoms with Gasteiger partial charge in [-0.3, -0.25) is 24.0 Å². The van der Waals surface area contributed by atoms with Crippen molar-refractivity contribution in [3.63, 3.8) is 0 Å². The first-order chi connectivity index (χ1) is 16.0. The van der Waals surface area contributed by atoms with Crippen LogP contribution in [0.4, 0.5) is 0 Å². The van der Waals surface area contributed by atoms with E-state index in [0.29, 0.717) is 0 Å². The first-order valence-corrected chi connectivity index (χ1v) is 10.2. The van der Waals surface area contributed by atoms with Crippen molar-refractivity contribution in [1.29, 1.82) is 0 Å². The van der Waals surface area contributed by atoms with Crippen LogP contribution >= 0.6 is 0 Å². The Hall–Kier alpha value is -3.64. The fourth-order valence-corrected chi connectivity index (χ4v) is 2.97. The number of ketones is 1. The van der Waals surface area contributed by atoms with E-state index in [1.54, 1.807) is 6.92 Å². The molecule has 0 aromatic heterocycles. The molecule has 0 aliphatic carbocycles. The van der Waals surface area contributed by atoms with Gasteiger partial charge in [0.15, 0.2) is 18.0 Å². The highest BCUT2D eigenvalue weighted by atomic mass is 16.7. The van der Waals surface area contributed by atoms with Gasteiger partial charge >= 0.3 is 23.9 Å². The molecule has 1 saturated heterocycles. The molecule has 0 radical (unpaired) electrons. The highest BCUT2D eigenvalue weighted by molar-refractivity contribution is 5.95. The SMILES string of the molecule is CCC(=O)/C(=C/O[C@@H]1O[C@H](COC(C)=O)[C@@H](OC(C)=O)[C@H](OC(C)=O)[C@H]1OC(C)=O)CN=[N+]=[N-]. The summed E-state index contributed by atoms with van der Waals surface area (Å²) in [6, 6.07) is 0. The second-order valence-electron chi connectivity index (χ2n) is 7.01. The average molecular weight is 485 g/mol. The van der Waals surface area contributed by atoms with Gasteiger partial charge in [0.05, 0.1) is 12.8 Å². The van der Waals surface area contributed by atoms with Crippen LogP contribution in [0.3, 0.4) is 0 Å². The van der Waals surface area contributed by atoms with E-state index in [1.165, 1.54) is 0 Å². The summed E-state index contributed by atoms with van der Waals surface area (Å²) in [7, 11) is 0. The largest absolute Gasteiger partial charge is 0.468 e. The lowest BCUT2D eigenvalue weighted by atomic mass is 9.98. The zero-order valence-electron chi connectivity index (χ0n) is 19.4. The summed E-state index contributed by atoms with van der Waals surface area (Å²) in [6.07, 6.45) is -5.85. The van der Waals surface area contributed by atoms with Crippen molar-refractivity contribution in [2.45, 2.75) is 71.7 Å². The second kappa shape index (κ2) is 13.8. The minimum Gasteiger partial charge on any atom is -0.468 e. The molecular weight excluding hydrogens is 458 g/mol. The number of carbonyl (C=O) groups excluding carboxylic acids is 5. The number of carbonyl (C=O) groups is 5. The standard InChI is InChI=1S/C20H27N3O11/c1-6-15(28)14(7-22-23-21)8-30-20-19(33-13(5)27)18(32-12(4)26)17(31-11(3)25)16(34-20)9-29-10(2)24/h8,16-20H,6-7,9H2,1-5H3/b14-8+/t16-,17-,18+,19-,20-/m1/s1. The first kappa shape index (κ1) is 28.4. The molecule has 1 heterocycles. The van der Waals surface area contributed by atoms with Crippen LogP contribution in [-0.2, 0) is 52.4 Å². The number of ether oxygens (including phenoxy) is 6. The quantitative estimate of drug-likeness (QED) is 0.0778. The smallest absolute Gasteiger partial charge is 0.303 e. The Morgan fingerprint density at radius 3 is 1.97 bits per heavy atom. The van der Waals surface area contributed by atoms with E-state index >= 15 is 0 Å². The maximum absolute atomic E-state index is 12.1. The third-order valence-corrected chi connectivity index (χ3v) is 4.28. The monoisotopic (exact) mass is 485 g/mol. The van der Waals surface area contributed by atoms with Gasteiger partial charge in [-0.05, 0) is 5.53 Å². The molecule has 1 aliphatic heterocycles. The summed E-state index contributed by atoms with van der Waals surface area (Å²) >= 11 is 0. The molecule has 1 aliphatic rings. The Kier molecular flexibility index (Phi) is 11.5. The minimum atomic E-state index is -1.49. The molecule has 0 spiro atoms. The molecule has 0 N–H and O–H groups in total. The van der Waals surface area contributed by atoms with Crippen molar-refractivity contribution in [3.8, 4) is 0 Å². The number of hydrogen-bond acceptors (Lipinski definition) is 12. The van der Waals surface area contributed by atoms with Crippen molar-refractivity contribution in [1.82, 2.24) is 0 Å². The lowest BCUT2D eigenvalue weighted by Crippen LogP contribution is -2.62. The molecule has 0 unspecified atom stereocenters. The first-order valence-electron chi connectivity index (χ1n) is 10.2. The summed E-state index contributed by atoms with van der Waals surface area (Å²) in [6.45, 7) is 5.23. The van der Waals surface area contributed by atoms with Gasteiger partial charge < -0.3 is 28.4 Å². The summed E-state index contributed by atoms with van der Waals surface area (Å²) in [5.41, 5.74) is 8.55. The number of nitrogens with zero attached hydrogens (tertiary/aromatic N) is 3. The topological polar surface area (TPSA) is 189 Å². The zero-order valence-corrected chi connectivity index (χ0v) is 19.4. The van der Waals surface area contributed by atoms with E-state index in [-0.39, 0.29) is 18.5 Å². The highest BCUT2D eigenvalue weighted by Crippen LogP contribution is 2.30. The molecule has 0 bridgehead atoms. The predicted octanol–water partition coefficient (Wildman–Crippen LogP) is 1.26. The molecule has 14 nitrogen and oxygen atoms in total. The van der Waals surface area contributed by atoms with E-state index < -0.39 is 67.0 Å². The summed E-state index contributed by atoms with van der Waals surface area (Å²) < 4.78 is 32.0. The van der Waals surface area contributed by atoms with Gasteiger partial charge in [-0.25, -0.2) is 0 Å². The maximum atomic E-state index is 12.1. The number of rotatable bonds is 11. The van der Waals surface area contributed by atoms with E-state index in [4.69, 9.17) is 34.0 Å². The molecule has 1 rings (SSSR count). The Morgan fingerprint density at radius 2 is 1.47 bits per heavy atom. The van der Waals surface area contributed by atoms with Crippen molar-refractivity contribution < 1.29 is 52.4 Å². The van der Waals surface area contributed by atoms with Crippen LogP contribution in [0, 0.1) is 0 Å². The fraction of sp³-hybridized carbons (Fsp3) is 0.650. The van der Waals surface area contributed by atoms with Gasteiger partial charge in [0.25, 0.3) is 0 Å². The fourth-order valence-electron chi connectivity index (χ4n) is 2.97. The molecule has 0 amide bonds. The maximum Gasteiger partial charge on any atom is 0.303 e. The van der Waals surface area contributed by atoms with Crippen molar-refractivity contribution in [3.05, 3.63) is 22.3 Å². The Morgan fingerprint density at radius 1 is 0.912 bits per heavy atom. The zero-order chi connectivity index (χ0) is 25.8. The predicted molar refractivity (Wildman–Crippen MR) is 110 cm³/mol. The van der Waals surface area contributed by atoms with E-state index in [9.17, 15) is 24.0 Å². The molecular formula is C20H27N3O11. The Balaban J connectivity index is 3.44. The molecule has 1 fully saturated rings. The van der Waals surface area contributed by atoms with Gasteiger partial charge in [0.1, 0.15) is 12.7 Å². The number of hydrogen-bond donors (Lipinski definition) is 0. The number of esters is 4. The third kappa shape index (κ3) is 9.08. The molecule has 188 valence electrons. The third-order valence-electron chi connectivity index (χ3n) is 4.28. The Labute approximate surface area is 195 Å². The minimum absolute atomic E-state index is 0.00634. The molecule has 0 aromatic carbocycles. The Bertz CT molecular complexity index is 866. The molecule has 5 atom stereocenters. The van der Waals surface area contributed by atoms with E-state index in [2.05, 4.69) is 10.0 Å². The van der Waals surface area contributed by atoms with Crippen molar-refractivity contribution in [2.75, 3.05) is 13.2 Å². The molecule has 34 heavy (non-hydrogen) atoms. The normalized spacial score (nSPS) is 24.1. The van der Waals surface area contributed by atoms with E-state index in [0.717, 1.165) is 34.0 Å². The number of azide groups is 1. The van der Waals surface area contributed by atoms with Gasteiger partial charge in [0.2, 0.25) is 12.4 Å². The van der Waals surface area contributed by atoms with Crippen LogP contribution in [-0.4, -0.2) is 73.5 Å². The summed E-state index contributed by atoms with van der Waals surface area (Å²) in [5, 5.41) is 3.34. The van der Waals surface area contributed by atoms with Gasteiger partial charge in [-0.2, -0.15) is 0 Å². The van der Waals surface area contributed by atoms with Crippen LogP contribution in [0.2, 0.25) is 0 Å². The molecule has 0 aromatic rings. The van der Waals surface area contributed by atoms with E-state index in [1.807, 2.05) is 0 Å². The summed E-state index contributed by atoms with van der Waals surface area (Å²) in [4.78, 5) is 61.3. The molecule has 14 heteroatoms. The second-order valence-corrected chi connectivity index (χ2v) is 7.01.